The largest absolute Gasteiger partial charge is 0.326 e. The summed E-state index contributed by atoms with van der Waals surface area (Å²) in [4.78, 5) is 0. The molecule has 2 unspecified atom stereocenters. The molecule has 1 aliphatic heterocycles. The molecule has 64 valence electrons. The first kappa shape index (κ1) is 7.56. The minimum Gasteiger partial charge on any atom is -0.326 e. The van der Waals surface area contributed by atoms with Crippen LogP contribution in [0.5, 0.6) is 0 Å². The van der Waals surface area contributed by atoms with Crippen LogP contribution in [-0.2, 0) is 0 Å². The number of rotatable bonds is 1. The quantitative estimate of drug-likeness (QED) is 0.584. The van der Waals surface area contributed by atoms with Crippen molar-refractivity contribution in [3.8, 4) is 0 Å². The van der Waals surface area contributed by atoms with Crippen molar-refractivity contribution >= 4 is 0 Å². The first-order valence-corrected chi connectivity index (χ1v) is 4.84. The van der Waals surface area contributed by atoms with Crippen molar-refractivity contribution in [1.29, 1.82) is 0 Å². The molecule has 3 N–H and O–H groups in total. The van der Waals surface area contributed by atoms with E-state index < -0.39 is 0 Å². The van der Waals surface area contributed by atoms with Crippen molar-refractivity contribution in [3.05, 3.63) is 0 Å². The summed E-state index contributed by atoms with van der Waals surface area (Å²) in [6, 6.07) is 0.439. The van der Waals surface area contributed by atoms with Gasteiger partial charge in [0.2, 0.25) is 0 Å². The van der Waals surface area contributed by atoms with Crippen molar-refractivity contribution in [1.82, 2.24) is 5.32 Å². The van der Waals surface area contributed by atoms with Crippen molar-refractivity contribution in [3.63, 3.8) is 0 Å². The molecule has 1 saturated heterocycles. The minimum absolute atomic E-state index is 0.439. The number of hydrogen-bond acceptors (Lipinski definition) is 2. The highest BCUT2D eigenvalue weighted by Crippen LogP contribution is 2.36. The average Bonchev–Trinajstić information content (AvgIpc) is 1.90. The lowest BCUT2D eigenvalue weighted by molar-refractivity contribution is 0.148. The van der Waals surface area contributed by atoms with Crippen LogP contribution in [0.1, 0.15) is 25.7 Å². The fraction of sp³-hybridized carbons (Fsp3) is 1.00. The Balaban J connectivity index is 1.88. The van der Waals surface area contributed by atoms with Crippen molar-refractivity contribution in [2.24, 2.45) is 17.6 Å². The molecule has 0 radical (unpaired) electrons. The van der Waals surface area contributed by atoms with Gasteiger partial charge in [-0.3, -0.25) is 0 Å². The maximum atomic E-state index is 6.03. The minimum atomic E-state index is 0.439. The fourth-order valence-electron chi connectivity index (χ4n) is 2.36. The van der Waals surface area contributed by atoms with Crippen LogP contribution in [0.25, 0.3) is 0 Å². The molecule has 2 heteroatoms. The van der Waals surface area contributed by atoms with Crippen molar-refractivity contribution < 1.29 is 0 Å². The molecule has 2 aliphatic rings. The first-order valence-electron chi connectivity index (χ1n) is 4.84. The van der Waals surface area contributed by atoms with Gasteiger partial charge in [-0.2, -0.15) is 0 Å². The molecule has 1 aliphatic carbocycles. The number of nitrogens with one attached hydrogen (secondary N) is 1. The third-order valence-electron chi connectivity index (χ3n) is 3.34. The van der Waals surface area contributed by atoms with Gasteiger partial charge in [-0.1, -0.05) is 19.3 Å². The molecular formula is C9H18N2. The Labute approximate surface area is 68.5 Å². The molecule has 1 saturated carbocycles. The summed E-state index contributed by atoms with van der Waals surface area (Å²) in [5.74, 6) is 1.82. The first-order chi connectivity index (χ1) is 5.38. The van der Waals surface area contributed by atoms with E-state index in [0.717, 1.165) is 18.4 Å². The van der Waals surface area contributed by atoms with E-state index in [-0.39, 0.29) is 0 Å². The summed E-state index contributed by atoms with van der Waals surface area (Å²) in [5.41, 5.74) is 6.03. The van der Waals surface area contributed by atoms with Gasteiger partial charge in [0.05, 0.1) is 0 Å². The maximum absolute atomic E-state index is 6.03. The lowest BCUT2D eigenvalue weighted by atomic mass is 9.71. The zero-order valence-corrected chi connectivity index (χ0v) is 7.05. The zero-order chi connectivity index (χ0) is 7.68. The average molecular weight is 154 g/mol. The smallest absolute Gasteiger partial charge is 0.0197 e. The number of nitrogens with two attached hydrogens (primary N) is 1. The van der Waals surface area contributed by atoms with Gasteiger partial charge in [0.1, 0.15) is 0 Å². The lowest BCUT2D eigenvalue weighted by Crippen LogP contribution is -2.49. The molecular weight excluding hydrogens is 136 g/mol. The Bertz CT molecular complexity index is 130. The van der Waals surface area contributed by atoms with Crippen LogP contribution < -0.4 is 11.1 Å². The van der Waals surface area contributed by atoms with Crippen molar-refractivity contribution in [2.75, 3.05) is 13.1 Å². The van der Waals surface area contributed by atoms with Gasteiger partial charge in [-0.05, 0) is 24.8 Å². The van der Waals surface area contributed by atoms with E-state index >= 15 is 0 Å². The van der Waals surface area contributed by atoms with Crippen LogP contribution in [0.15, 0.2) is 0 Å². The van der Waals surface area contributed by atoms with E-state index in [0.29, 0.717) is 6.04 Å². The topological polar surface area (TPSA) is 38.0 Å². The van der Waals surface area contributed by atoms with Crippen LogP contribution >= 0.6 is 0 Å². The highest BCUT2D eigenvalue weighted by molar-refractivity contribution is 4.88. The molecule has 2 nitrogen and oxygen atoms in total. The molecule has 0 amide bonds. The van der Waals surface area contributed by atoms with E-state index in [1.165, 1.54) is 32.2 Å². The van der Waals surface area contributed by atoms with Crippen LogP contribution in [0, 0.1) is 11.8 Å². The predicted molar refractivity (Wildman–Crippen MR) is 46.3 cm³/mol. The van der Waals surface area contributed by atoms with E-state index in [1.807, 2.05) is 0 Å². The van der Waals surface area contributed by atoms with E-state index in [4.69, 9.17) is 5.73 Å². The highest BCUT2D eigenvalue weighted by Gasteiger charge is 2.32. The number of piperidine rings is 1. The summed E-state index contributed by atoms with van der Waals surface area (Å²) in [6.45, 7) is 2.23. The van der Waals surface area contributed by atoms with Gasteiger partial charge in [-0.15, -0.1) is 0 Å². The van der Waals surface area contributed by atoms with E-state index in [2.05, 4.69) is 5.32 Å². The van der Waals surface area contributed by atoms with Crippen molar-refractivity contribution in [2.45, 2.75) is 31.7 Å². The molecule has 11 heavy (non-hydrogen) atoms. The Morgan fingerprint density at radius 2 is 2.00 bits per heavy atom. The van der Waals surface area contributed by atoms with Crippen LogP contribution in [-0.4, -0.2) is 19.1 Å². The summed E-state index contributed by atoms with van der Waals surface area (Å²) in [7, 11) is 0. The summed E-state index contributed by atoms with van der Waals surface area (Å²) in [6.07, 6.45) is 5.64. The maximum Gasteiger partial charge on any atom is 0.0197 e. The van der Waals surface area contributed by atoms with Gasteiger partial charge in [0.25, 0.3) is 0 Å². The van der Waals surface area contributed by atoms with Gasteiger partial charge in [0.15, 0.2) is 0 Å². The Morgan fingerprint density at radius 3 is 2.55 bits per heavy atom. The van der Waals surface area contributed by atoms with Gasteiger partial charge in [-0.25, -0.2) is 0 Å². The molecule has 2 atom stereocenters. The third-order valence-corrected chi connectivity index (χ3v) is 3.34. The molecule has 0 aromatic heterocycles. The number of hydrogen-bond donors (Lipinski definition) is 2. The predicted octanol–water partition coefficient (Wildman–Crippen LogP) is 0.723. The molecule has 0 aromatic carbocycles. The van der Waals surface area contributed by atoms with Gasteiger partial charge >= 0.3 is 0 Å². The van der Waals surface area contributed by atoms with Gasteiger partial charge < -0.3 is 11.1 Å². The third kappa shape index (κ3) is 1.42. The zero-order valence-electron chi connectivity index (χ0n) is 7.05. The van der Waals surface area contributed by atoms with E-state index in [9.17, 15) is 0 Å². The second-order valence-corrected chi connectivity index (χ2v) is 4.01. The Kier molecular flexibility index (Phi) is 2.14. The molecule has 1 heterocycles. The molecule has 0 spiro atoms. The Hall–Kier alpha value is -0.0800. The van der Waals surface area contributed by atoms with Crippen LogP contribution in [0.3, 0.4) is 0 Å². The normalized spacial score (nSPS) is 40.1. The SMILES string of the molecule is NC1CNCCC1C1CCC1. The highest BCUT2D eigenvalue weighted by atomic mass is 14.9. The molecule has 0 aromatic rings. The van der Waals surface area contributed by atoms with Crippen LogP contribution in [0.4, 0.5) is 0 Å². The fourth-order valence-corrected chi connectivity index (χ4v) is 2.36. The lowest BCUT2D eigenvalue weighted by Gasteiger charge is -2.40. The molecule has 2 fully saturated rings. The summed E-state index contributed by atoms with van der Waals surface area (Å²) in [5, 5.41) is 3.34. The second kappa shape index (κ2) is 3.11. The second-order valence-electron chi connectivity index (χ2n) is 4.01. The molecule has 0 bridgehead atoms. The monoisotopic (exact) mass is 154 g/mol. The summed E-state index contributed by atoms with van der Waals surface area (Å²) < 4.78 is 0. The van der Waals surface area contributed by atoms with Gasteiger partial charge in [0, 0.05) is 12.6 Å². The molecule has 2 rings (SSSR count). The van der Waals surface area contributed by atoms with E-state index in [1.54, 1.807) is 0 Å². The summed E-state index contributed by atoms with van der Waals surface area (Å²) >= 11 is 0. The standard InChI is InChI=1S/C9H18N2/c10-9-6-11-5-4-8(9)7-2-1-3-7/h7-9,11H,1-6,10H2. The van der Waals surface area contributed by atoms with Crippen LogP contribution in [0.2, 0.25) is 0 Å². The Morgan fingerprint density at radius 1 is 1.18 bits per heavy atom.